The molecule has 3 heterocycles. The molecule has 31 heavy (non-hydrogen) atoms. The van der Waals surface area contributed by atoms with Gasteiger partial charge >= 0.3 is 0 Å². The Hall–Kier alpha value is -2.67. The maximum atomic E-state index is 5.34. The van der Waals surface area contributed by atoms with Crippen LogP contribution in [0, 0.1) is 0 Å². The Balaban J connectivity index is 1.51. The predicted octanol–water partition coefficient (Wildman–Crippen LogP) is 5.62. The van der Waals surface area contributed by atoms with Gasteiger partial charge in [0.2, 0.25) is 5.95 Å². The Kier molecular flexibility index (Phi) is 6.02. The molecule has 0 bridgehead atoms. The van der Waals surface area contributed by atoms with Crippen molar-refractivity contribution in [3.05, 3.63) is 36.5 Å². The fraction of sp³-hybridized carbons (Fsp3) is 0.458. The Morgan fingerprint density at radius 3 is 2.48 bits per heavy atom. The summed E-state index contributed by atoms with van der Waals surface area (Å²) in [7, 11) is 1.69. The zero-order valence-corrected chi connectivity index (χ0v) is 18.8. The number of rotatable bonds is 6. The zero-order chi connectivity index (χ0) is 21.0. The Labute approximate surface area is 187 Å². The molecular formula is C24H29N5OS. The zero-order valence-electron chi connectivity index (χ0n) is 18.0. The summed E-state index contributed by atoms with van der Waals surface area (Å²) in [6.07, 6.45) is 10.6. The predicted molar refractivity (Wildman–Crippen MR) is 127 cm³/mol. The van der Waals surface area contributed by atoms with Crippen LogP contribution < -0.4 is 15.0 Å². The summed E-state index contributed by atoms with van der Waals surface area (Å²) in [4.78, 5) is 18.0. The fourth-order valence-corrected chi connectivity index (χ4v) is 5.56. The van der Waals surface area contributed by atoms with Crippen molar-refractivity contribution in [1.29, 1.82) is 0 Å². The number of nitrogens with zero attached hydrogens (tertiary/aromatic N) is 4. The molecule has 6 nitrogen and oxygen atoms in total. The number of hydrogen-bond donors (Lipinski definition) is 1. The molecule has 0 atom stereocenters. The van der Waals surface area contributed by atoms with Gasteiger partial charge in [-0.15, -0.1) is 0 Å². The van der Waals surface area contributed by atoms with Crippen molar-refractivity contribution in [1.82, 2.24) is 15.0 Å². The molecule has 1 aromatic carbocycles. The first-order chi connectivity index (χ1) is 15.3. The van der Waals surface area contributed by atoms with Gasteiger partial charge in [0.05, 0.1) is 23.4 Å². The van der Waals surface area contributed by atoms with Crippen LogP contribution in [0.5, 0.6) is 5.75 Å². The minimum Gasteiger partial charge on any atom is -0.497 e. The highest BCUT2D eigenvalue weighted by atomic mass is 32.1. The normalized spacial score (nSPS) is 17.1. The molecule has 1 saturated carbocycles. The van der Waals surface area contributed by atoms with Gasteiger partial charge in [-0.25, -0.2) is 15.0 Å². The van der Waals surface area contributed by atoms with Gasteiger partial charge in [-0.1, -0.05) is 24.2 Å². The van der Waals surface area contributed by atoms with Crippen LogP contribution in [0.25, 0.3) is 21.8 Å². The summed E-state index contributed by atoms with van der Waals surface area (Å²) in [6, 6.07) is 10.6. The summed E-state index contributed by atoms with van der Waals surface area (Å²) in [5.74, 6) is 1.57. The molecule has 5 rings (SSSR count). The van der Waals surface area contributed by atoms with Gasteiger partial charge in [0.1, 0.15) is 5.75 Å². The largest absolute Gasteiger partial charge is 0.497 e. The van der Waals surface area contributed by atoms with E-state index in [0.717, 1.165) is 51.7 Å². The highest BCUT2D eigenvalue weighted by Crippen LogP contribution is 2.40. The molecule has 2 aromatic heterocycles. The van der Waals surface area contributed by atoms with E-state index >= 15 is 0 Å². The van der Waals surface area contributed by atoms with Gasteiger partial charge in [-0.05, 0) is 62.4 Å². The van der Waals surface area contributed by atoms with Crippen LogP contribution in [0.15, 0.2) is 36.5 Å². The second kappa shape index (κ2) is 9.22. The number of ether oxygens (including phenoxy) is 1. The van der Waals surface area contributed by atoms with E-state index in [0.29, 0.717) is 6.04 Å². The van der Waals surface area contributed by atoms with Gasteiger partial charge in [0, 0.05) is 30.9 Å². The molecule has 0 amide bonds. The van der Waals surface area contributed by atoms with Crippen LogP contribution in [0.2, 0.25) is 0 Å². The lowest BCUT2D eigenvalue weighted by molar-refractivity contribution is 0.415. The third kappa shape index (κ3) is 4.51. The number of nitrogens with one attached hydrogen (secondary N) is 1. The highest BCUT2D eigenvalue weighted by molar-refractivity contribution is 7.19. The Morgan fingerprint density at radius 1 is 0.968 bits per heavy atom. The number of hydrogen-bond acceptors (Lipinski definition) is 7. The monoisotopic (exact) mass is 435 g/mol. The van der Waals surface area contributed by atoms with Crippen LogP contribution in [0.3, 0.4) is 0 Å². The third-order valence-corrected chi connectivity index (χ3v) is 7.32. The molecule has 7 heteroatoms. The number of anilines is 2. The van der Waals surface area contributed by atoms with E-state index in [2.05, 4.69) is 27.3 Å². The van der Waals surface area contributed by atoms with Crippen LogP contribution in [0.1, 0.15) is 44.9 Å². The molecule has 1 aliphatic carbocycles. The first kappa shape index (κ1) is 20.2. The number of aromatic nitrogens is 3. The van der Waals surface area contributed by atoms with E-state index in [9.17, 15) is 0 Å². The second-order valence-electron chi connectivity index (χ2n) is 8.34. The van der Waals surface area contributed by atoms with Gasteiger partial charge in [0.15, 0.2) is 5.13 Å². The number of methoxy groups -OCH3 is 1. The van der Waals surface area contributed by atoms with E-state index in [1.165, 1.54) is 44.9 Å². The van der Waals surface area contributed by atoms with E-state index in [-0.39, 0.29) is 0 Å². The van der Waals surface area contributed by atoms with Crippen molar-refractivity contribution in [2.45, 2.75) is 51.0 Å². The van der Waals surface area contributed by atoms with Crippen LogP contribution >= 0.6 is 11.3 Å². The fourth-order valence-electron chi connectivity index (χ4n) is 4.45. The minimum atomic E-state index is 0.488. The average Bonchev–Trinajstić information content (AvgIpc) is 3.50. The van der Waals surface area contributed by atoms with Gasteiger partial charge in [-0.3, -0.25) is 0 Å². The van der Waals surface area contributed by atoms with Crippen molar-refractivity contribution in [2.75, 3.05) is 30.4 Å². The molecule has 1 N–H and O–H groups in total. The van der Waals surface area contributed by atoms with Crippen LogP contribution in [-0.4, -0.2) is 41.2 Å². The molecule has 3 aromatic rings. The summed E-state index contributed by atoms with van der Waals surface area (Å²) >= 11 is 1.74. The quantitative estimate of drug-likeness (QED) is 0.542. The molecule has 0 spiro atoms. The Morgan fingerprint density at radius 2 is 1.74 bits per heavy atom. The van der Waals surface area contributed by atoms with E-state index in [1.54, 1.807) is 18.4 Å². The Bertz CT molecular complexity index is 1010. The number of thiazole rings is 1. The molecule has 0 unspecified atom stereocenters. The first-order valence-corrected chi connectivity index (χ1v) is 12.1. The topological polar surface area (TPSA) is 63.2 Å². The molecule has 0 radical (unpaired) electrons. The number of benzene rings is 1. The maximum absolute atomic E-state index is 5.34. The number of piperidine rings is 1. The van der Waals surface area contributed by atoms with E-state index in [1.807, 2.05) is 24.4 Å². The maximum Gasteiger partial charge on any atom is 0.223 e. The van der Waals surface area contributed by atoms with E-state index < -0.39 is 0 Å². The summed E-state index contributed by atoms with van der Waals surface area (Å²) in [5.41, 5.74) is 3.00. The third-order valence-electron chi connectivity index (χ3n) is 6.18. The van der Waals surface area contributed by atoms with Crippen molar-refractivity contribution in [3.63, 3.8) is 0 Å². The standard InChI is InChI=1S/C24H29N5OS/c1-30-19-11-9-17(10-12-19)21-22(31-24(28-21)29-15-5-2-6-16-29)20-13-14-25-23(27-20)26-18-7-3-4-8-18/h9-14,18H,2-8,15-16H2,1H3,(H,25,26,27). The van der Waals surface area contributed by atoms with Crippen molar-refractivity contribution < 1.29 is 4.74 Å². The summed E-state index contributed by atoms with van der Waals surface area (Å²) in [5, 5.41) is 4.62. The van der Waals surface area contributed by atoms with Crippen LogP contribution in [-0.2, 0) is 0 Å². The highest BCUT2D eigenvalue weighted by Gasteiger charge is 2.22. The molecule has 1 aliphatic heterocycles. The average molecular weight is 436 g/mol. The van der Waals surface area contributed by atoms with Gasteiger partial charge in [0.25, 0.3) is 0 Å². The first-order valence-electron chi connectivity index (χ1n) is 11.3. The lowest BCUT2D eigenvalue weighted by Gasteiger charge is -2.25. The SMILES string of the molecule is COc1ccc(-c2nc(N3CCCCC3)sc2-c2ccnc(NC3CCCC3)n2)cc1. The minimum absolute atomic E-state index is 0.488. The smallest absolute Gasteiger partial charge is 0.223 e. The van der Waals surface area contributed by atoms with Gasteiger partial charge in [-0.2, -0.15) is 0 Å². The van der Waals surface area contributed by atoms with E-state index in [4.69, 9.17) is 14.7 Å². The molecule has 162 valence electrons. The molecule has 2 fully saturated rings. The second-order valence-corrected chi connectivity index (χ2v) is 9.32. The summed E-state index contributed by atoms with van der Waals surface area (Å²) in [6.45, 7) is 2.15. The summed E-state index contributed by atoms with van der Waals surface area (Å²) < 4.78 is 5.34. The molecular weight excluding hydrogens is 406 g/mol. The molecule has 1 saturated heterocycles. The van der Waals surface area contributed by atoms with Crippen molar-refractivity contribution in [2.24, 2.45) is 0 Å². The van der Waals surface area contributed by atoms with Gasteiger partial charge < -0.3 is 15.0 Å². The molecule has 2 aliphatic rings. The van der Waals surface area contributed by atoms with Crippen LogP contribution in [0.4, 0.5) is 11.1 Å². The van der Waals surface area contributed by atoms with Crippen molar-refractivity contribution >= 4 is 22.4 Å². The van der Waals surface area contributed by atoms with Crippen molar-refractivity contribution in [3.8, 4) is 27.6 Å². The lowest BCUT2D eigenvalue weighted by atomic mass is 10.1. The lowest BCUT2D eigenvalue weighted by Crippen LogP contribution is -2.29.